The topological polar surface area (TPSA) is 162 Å². The molecule has 0 aliphatic heterocycles. The number of aliphatic hydroxyl groups is 1. The molecule has 0 radical (unpaired) electrons. The van der Waals surface area contributed by atoms with Gasteiger partial charge in [-0.1, -0.05) is 25.0 Å². The number of carboxylic acid groups (broad SMARTS) is 1. The lowest BCUT2D eigenvalue weighted by molar-refractivity contribution is -0.158. The van der Waals surface area contributed by atoms with Crippen molar-refractivity contribution < 1.29 is 24.5 Å². The molecule has 234 valence electrons. The zero-order valence-corrected chi connectivity index (χ0v) is 25.9. The second kappa shape index (κ2) is 10.7. The molecule has 0 spiro atoms. The highest BCUT2D eigenvalue weighted by atomic mass is 16.5. The van der Waals surface area contributed by atoms with Crippen LogP contribution in [0.4, 0.5) is 0 Å². The number of ether oxygens (including phenoxy) is 1. The highest BCUT2D eigenvalue weighted by Gasteiger charge is 2.71. The molecule has 0 bridgehead atoms. The summed E-state index contributed by atoms with van der Waals surface area (Å²) in [6.45, 7) is 5.90. The first-order valence-corrected chi connectivity index (χ1v) is 16.6. The van der Waals surface area contributed by atoms with Crippen LogP contribution in [-0.4, -0.2) is 52.0 Å². The second-order valence-corrected chi connectivity index (χ2v) is 15.4. The lowest BCUT2D eigenvalue weighted by atomic mass is 9.39. The molecule has 0 amide bonds. The molecule has 0 aromatic heterocycles. The van der Waals surface area contributed by atoms with Crippen LogP contribution in [0.25, 0.3) is 0 Å². The largest absolute Gasteiger partial charge is 0.478 e. The van der Waals surface area contributed by atoms with E-state index in [0.717, 1.165) is 63.4 Å². The Morgan fingerprint density at radius 3 is 2.33 bits per heavy atom. The highest BCUT2D eigenvalue weighted by molar-refractivity contribution is 5.89. The molecule has 8 heteroatoms. The van der Waals surface area contributed by atoms with Crippen molar-refractivity contribution in [3.05, 3.63) is 22.3 Å². The molecule has 0 aromatic rings. The van der Waals surface area contributed by atoms with E-state index < -0.39 is 35.1 Å². The number of carbonyl (C=O) groups excluding carboxylic acids is 1. The van der Waals surface area contributed by atoms with Gasteiger partial charge >= 0.3 is 11.9 Å². The number of fused-ring (bicyclic) bond motifs is 5. The van der Waals surface area contributed by atoms with Crippen LogP contribution in [0.5, 0.6) is 0 Å². The maximum atomic E-state index is 13.3. The summed E-state index contributed by atoms with van der Waals surface area (Å²) in [6.07, 6.45) is 11.5. The van der Waals surface area contributed by atoms with Crippen LogP contribution < -0.4 is 17.2 Å². The maximum absolute atomic E-state index is 13.3. The minimum absolute atomic E-state index is 0.0811. The smallest absolute Gasteiger partial charge is 0.331 e. The second-order valence-electron chi connectivity index (χ2n) is 15.4. The lowest BCUT2D eigenvalue weighted by Gasteiger charge is -2.68. The molecule has 11 atom stereocenters. The summed E-state index contributed by atoms with van der Waals surface area (Å²) in [5.74, 6) is -1.45. The Morgan fingerprint density at radius 2 is 1.67 bits per heavy atom. The molecule has 8 N–H and O–H groups in total. The fourth-order valence-corrected chi connectivity index (χ4v) is 11.5. The number of hydrogen-bond acceptors (Lipinski definition) is 7. The van der Waals surface area contributed by atoms with E-state index >= 15 is 0 Å². The summed E-state index contributed by atoms with van der Waals surface area (Å²) >= 11 is 0. The monoisotopic (exact) mass is 583 g/mol. The van der Waals surface area contributed by atoms with Crippen LogP contribution in [0.3, 0.4) is 0 Å². The summed E-state index contributed by atoms with van der Waals surface area (Å²) in [5.41, 5.74) is 24.3. The van der Waals surface area contributed by atoms with E-state index in [9.17, 15) is 19.8 Å². The van der Waals surface area contributed by atoms with Crippen LogP contribution in [0.15, 0.2) is 22.3 Å². The van der Waals surface area contributed by atoms with Gasteiger partial charge in [0.2, 0.25) is 0 Å². The molecular weight excluding hydrogens is 530 g/mol. The fourth-order valence-electron chi connectivity index (χ4n) is 11.5. The van der Waals surface area contributed by atoms with E-state index in [1.54, 1.807) is 5.57 Å². The molecular formula is C34H53N3O5. The Bertz CT molecular complexity index is 1190. The highest BCUT2D eigenvalue weighted by Crippen LogP contribution is 2.69. The number of nitrogens with two attached hydrogens (primary N) is 3. The first kappa shape index (κ1) is 30.3. The normalized spacial score (nSPS) is 48.3. The number of carboxylic acids is 1. The Morgan fingerprint density at radius 1 is 0.976 bits per heavy atom. The van der Waals surface area contributed by atoms with Gasteiger partial charge in [-0.05, 0) is 124 Å². The Labute approximate surface area is 250 Å². The molecule has 6 aliphatic rings. The average molecular weight is 584 g/mol. The van der Waals surface area contributed by atoms with Crippen molar-refractivity contribution in [3.8, 4) is 0 Å². The average Bonchev–Trinajstić information content (AvgIpc) is 3.56. The molecule has 8 nitrogen and oxygen atoms in total. The van der Waals surface area contributed by atoms with Crippen LogP contribution in [-0.2, 0) is 14.3 Å². The first-order chi connectivity index (χ1) is 19.8. The minimum atomic E-state index is -0.905. The molecule has 6 saturated carbocycles. The Kier molecular flexibility index (Phi) is 7.72. The summed E-state index contributed by atoms with van der Waals surface area (Å²) in [7, 11) is 0. The van der Waals surface area contributed by atoms with E-state index in [0.29, 0.717) is 24.8 Å². The molecule has 6 aliphatic carbocycles. The maximum Gasteiger partial charge on any atom is 0.331 e. The third-order valence-electron chi connectivity index (χ3n) is 13.5. The predicted molar refractivity (Wildman–Crippen MR) is 161 cm³/mol. The van der Waals surface area contributed by atoms with Gasteiger partial charge in [0.25, 0.3) is 0 Å². The number of hydrogen-bond donors (Lipinski definition) is 5. The van der Waals surface area contributed by atoms with Gasteiger partial charge in [0.15, 0.2) is 0 Å². The van der Waals surface area contributed by atoms with Gasteiger partial charge in [0, 0.05) is 36.0 Å². The SMILES string of the molecule is CC(=O)O[C@H]1C[C@@]2(C)[C@H](/C1=C(/C(=O)O)C1CCCC(=C3CCCC3)C1)[C@@H](N)C[C@H]1[C@@]3(C)CC[C@@H](O)[C@@H](N)[C@@H]3CC[C@@]12N. The molecule has 0 aromatic carbocycles. The summed E-state index contributed by atoms with van der Waals surface area (Å²) in [6, 6.07) is -0.590. The quantitative estimate of drug-likeness (QED) is 0.186. The fraction of sp³-hybridized carbons (Fsp3) is 0.824. The summed E-state index contributed by atoms with van der Waals surface area (Å²) < 4.78 is 6.03. The van der Waals surface area contributed by atoms with Crippen molar-refractivity contribution >= 4 is 11.9 Å². The van der Waals surface area contributed by atoms with Crippen molar-refractivity contribution in [2.45, 2.75) is 140 Å². The third-order valence-corrected chi connectivity index (χ3v) is 13.5. The predicted octanol–water partition coefficient (Wildman–Crippen LogP) is 4.33. The van der Waals surface area contributed by atoms with Crippen LogP contribution >= 0.6 is 0 Å². The van der Waals surface area contributed by atoms with Crippen LogP contribution in [0.1, 0.15) is 111 Å². The number of aliphatic hydroxyl groups excluding tert-OH is 1. The molecule has 6 rings (SSSR count). The molecule has 1 unspecified atom stereocenters. The molecule has 42 heavy (non-hydrogen) atoms. The standard InChI is InChI=1S/C34H53N3O5/c1-18(38)42-25-17-33(3)29(28(25)27(31(40)41)21-10-6-9-20(15-21)19-7-4-5-8-19)23(35)16-26-32(2)13-12-24(39)30(36)22(32)11-14-34(26,33)37/h21-26,29-30,39H,4-17,35-37H2,1-3H3,(H,40,41)/b28-27+/t21?,22-,23-,24+,25-,26-,29-,30-,32-,33-,34+/m0/s1. The van der Waals surface area contributed by atoms with Crippen LogP contribution in [0, 0.1) is 34.5 Å². The number of carbonyl (C=O) groups is 2. The molecule has 0 saturated heterocycles. The Hall–Kier alpha value is -1.74. The summed E-state index contributed by atoms with van der Waals surface area (Å²) in [5, 5.41) is 21.5. The van der Waals surface area contributed by atoms with Gasteiger partial charge in [0.1, 0.15) is 6.10 Å². The Balaban J connectivity index is 1.45. The van der Waals surface area contributed by atoms with Crippen molar-refractivity contribution in [2.24, 2.45) is 51.7 Å². The van der Waals surface area contributed by atoms with E-state index in [4.69, 9.17) is 21.9 Å². The van der Waals surface area contributed by atoms with Gasteiger partial charge in [-0.3, -0.25) is 4.79 Å². The number of aliphatic carboxylic acids is 1. The van der Waals surface area contributed by atoms with E-state index in [1.165, 1.54) is 25.3 Å². The van der Waals surface area contributed by atoms with Crippen molar-refractivity contribution in [1.29, 1.82) is 0 Å². The van der Waals surface area contributed by atoms with Gasteiger partial charge in [0.05, 0.1) is 6.10 Å². The third kappa shape index (κ3) is 4.45. The van der Waals surface area contributed by atoms with Crippen molar-refractivity contribution in [2.75, 3.05) is 0 Å². The van der Waals surface area contributed by atoms with Gasteiger partial charge in [-0.15, -0.1) is 0 Å². The number of allylic oxidation sites excluding steroid dienone is 2. The molecule has 6 fully saturated rings. The van der Waals surface area contributed by atoms with Crippen LogP contribution in [0.2, 0.25) is 0 Å². The van der Waals surface area contributed by atoms with Gasteiger partial charge in [-0.2, -0.15) is 0 Å². The summed E-state index contributed by atoms with van der Waals surface area (Å²) in [4.78, 5) is 25.8. The van der Waals surface area contributed by atoms with E-state index in [2.05, 4.69) is 13.8 Å². The number of esters is 1. The number of rotatable bonds is 3. The minimum Gasteiger partial charge on any atom is -0.478 e. The van der Waals surface area contributed by atoms with E-state index in [-0.39, 0.29) is 41.2 Å². The van der Waals surface area contributed by atoms with Gasteiger partial charge < -0.3 is 32.2 Å². The van der Waals surface area contributed by atoms with Gasteiger partial charge in [-0.25, -0.2) is 4.79 Å². The first-order valence-electron chi connectivity index (χ1n) is 16.6. The van der Waals surface area contributed by atoms with E-state index in [1.807, 2.05) is 0 Å². The van der Waals surface area contributed by atoms with Crippen molar-refractivity contribution in [3.63, 3.8) is 0 Å². The molecule has 0 heterocycles. The lowest BCUT2D eigenvalue weighted by Crippen LogP contribution is -2.74. The zero-order chi connectivity index (χ0) is 30.2. The zero-order valence-electron chi connectivity index (χ0n) is 25.9. The van der Waals surface area contributed by atoms with Crippen molar-refractivity contribution in [1.82, 2.24) is 0 Å².